The summed E-state index contributed by atoms with van der Waals surface area (Å²) in [6.07, 6.45) is -0.773. The lowest BCUT2D eigenvalue weighted by atomic mass is 9.94. The van der Waals surface area contributed by atoms with Gasteiger partial charge in [-0.1, -0.05) is 51.8 Å². The highest BCUT2D eigenvalue weighted by Gasteiger charge is 2.54. The monoisotopic (exact) mass is 466 g/mol. The van der Waals surface area contributed by atoms with Gasteiger partial charge in [-0.2, -0.15) is 0 Å². The summed E-state index contributed by atoms with van der Waals surface area (Å²) in [6.45, 7) is 7.45. The molecule has 1 fully saturated rings. The summed E-state index contributed by atoms with van der Waals surface area (Å²) in [5.74, 6) is 0. The van der Waals surface area contributed by atoms with Crippen molar-refractivity contribution in [2.75, 3.05) is 33.9 Å². The molecule has 0 radical (unpaired) electrons. The zero-order valence-electron chi connectivity index (χ0n) is 19.6. The van der Waals surface area contributed by atoms with E-state index < -0.39 is 36.3 Å². The molecule has 9 heteroatoms. The van der Waals surface area contributed by atoms with E-state index in [1.165, 1.54) is 11.8 Å². The normalized spacial score (nSPS) is 29.2. The summed E-state index contributed by atoms with van der Waals surface area (Å²) in [5, 5.41) is 0.813. The quantitative estimate of drug-likeness (QED) is 0.350. The van der Waals surface area contributed by atoms with Gasteiger partial charge in [0.05, 0.1) is 0 Å². The van der Waals surface area contributed by atoms with Crippen molar-refractivity contribution in [2.45, 2.75) is 102 Å². The minimum atomic E-state index is -2.67. The van der Waals surface area contributed by atoms with Crippen LogP contribution in [-0.2, 0) is 18.9 Å². The molecule has 182 valence electrons. The molecule has 0 amide bonds. The van der Waals surface area contributed by atoms with Gasteiger partial charge in [-0.15, -0.1) is 0 Å². The molecule has 1 unspecified atom stereocenters. The fourth-order valence-corrected chi connectivity index (χ4v) is 4.75. The summed E-state index contributed by atoms with van der Waals surface area (Å²) in [4.78, 5) is 6.73. The van der Waals surface area contributed by atoms with Gasteiger partial charge in [0, 0.05) is 33.9 Å². The lowest BCUT2D eigenvalue weighted by Crippen LogP contribution is -2.62. The van der Waals surface area contributed by atoms with Crippen molar-refractivity contribution >= 4 is 16.9 Å². The van der Waals surface area contributed by atoms with Crippen molar-refractivity contribution in [1.29, 1.82) is 0 Å². The average Bonchev–Trinajstić information content (AvgIpc) is 3.16. The molecule has 2 aliphatic rings. The Morgan fingerprint density at radius 3 is 2.10 bits per heavy atom. The second-order valence-corrected chi connectivity index (χ2v) is 9.35. The number of alkyl halides is 2. The van der Waals surface area contributed by atoms with Gasteiger partial charge in [-0.05, 0) is 19.3 Å². The molecule has 6 nitrogen and oxygen atoms in total. The molecule has 0 spiro atoms. The highest BCUT2D eigenvalue weighted by atomic mass is 32.2. The number of nitrogens with zero attached hydrogens (tertiary/aromatic N) is 2. The van der Waals surface area contributed by atoms with Crippen LogP contribution >= 0.6 is 11.8 Å². The molecule has 1 saturated heterocycles. The SMILES string of the molecule is CCCCOC(C(F)F)[C@H]1O[C@@H]2SC(N(C)C)=N[C@@H]2[C@@H](OCCCC)[C@@H]1OCCCC. The number of rotatable bonds is 14. The van der Waals surface area contributed by atoms with Crippen molar-refractivity contribution in [1.82, 2.24) is 4.90 Å². The third-order valence-corrected chi connectivity index (χ3v) is 6.72. The van der Waals surface area contributed by atoms with Crippen LogP contribution in [-0.4, -0.2) is 86.3 Å². The predicted molar refractivity (Wildman–Crippen MR) is 121 cm³/mol. The van der Waals surface area contributed by atoms with Crippen LogP contribution in [0.1, 0.15) is 59.3 Å². The molecule has 0 saturated carbocycles. The summed E-state index contributed by atoms with van der Waals surface area (Å²) in [7, 11) is 3.83. The van der Waals surface area contributed by atoms with Crippen LogP contribution in [0.15, 0.2) is 4.99 Å². The Balaban J connectivity index is 2.30. The minimum absolute atomic E-state index is 0.273. The molecule has 6 atom stereocenters. The van der Waals surface area contributed by atoms with Gasteiger partial charge in [-0.25, -0.2) is 8.78 Å². The fraction of sp³-hybridized carbons (Fsp3) is 0.955. The molecule has 2 rings (SSSR count). The van der Waals surface area contributed by atoms with Crippen molar-refractivity contribution in [2.24, 2.45) is 4.99 Å². The molecular weight excluding hydrogens is 426 g/mol. The summed E-state index contributed by atoms with van der Waals surface area (Å²) < 4.78 is 52.5. The molecule has 0 aromatic carbocycles. The van der Waals surface area contributed by atoms with Crippen LogP contribution < -0.4 is 0 Å². The number of fused-ring (bicyclic) bond motifs is 1. The first kappa shape index (κ1) is 26.8. The first-order valence-electron chi connectivity index (χ1n) is 11.6. The van der Waals surface area contributed by atoms with E-state index in [0.29, 0.717) is 13.2 Å². The Hall–Kier alpha value is -0.480. The van der Waals surface area contributed by atoms with Gasteiger partial charge < -0.3 is 23.8 Å². The van der Waals surface area contributed by atoms with E-state index in [1.807, 2.05) is 25.9 Å². The first-order valence-corrected chi connectivity index (χ1v) is 12.5. The number of halogens is 2. The molecule has 2 heterocycles. The van der Waals surface area contributed by atoms with Crippen LogP contribution in [0, 0.1) is 0 Å². The number of hydrogen-bond donors (Lipinski definition) is 0. The first-order chi connectivity index (χ1) is 14.9. The molecular formula is C22H40F2N2O4S. The Labute approximate surface area is 190 Å². The Kier molecular flexibility index (Phi) is 12.0. The number of aliphatic imine (C=N–C) groups is 1. The molecule has 2 aliphatic heterocycles. The number of ether oxygens (including phenoxy) is 4. The average molecular weight is 467 g/mol. The largest absolute Gasteiger partial charge is 0.373 e. The van der Waals surface area contributed by atoms with Crippen molar-refractivity contribution < 1.29 is 27.7 Å². The van der Waals surface area contributed by atoms with E-state index >= 15 is 0 Å². The van der Waals surface area contributed by atoms with Gasteiger partial charge in [0.2, 0.25) is 0 Å². The highest BCUT2D eigenvalue weighted by molar-refractivity contribution is 8.14. The molecule has 0 bridgehead atoms. The van der Waals surface area contributed by atoms with E-state index in [2.05, 4.69) is 13.8 Å². The van der Waals surface area contributed by atoms with E-state index in [0.717, 1.165) is 43.7 Å². The molecule has 0 aromatic heterocycles. The standard InChI is InChI=1S/C22H40F2N2O4S/c1-6-9-12-27-16-15-21(31-22(25-15)26(4)5)30-18(17(16)28-13-10-7-2)19(20(23)24)29-14-11-8-3/h15-21H,6-14H2,1-5H3/t15-,16-,17+,18+,19?,21-/m1/s1. The predicted octanol–water partition coefficient (Wildman–Crippen LogP) is 4.57. The lowest BCUT2D eigenvalue weighted by Gasteiger charge is -2.45. The second kappa shape index (κ2) is 13.9. The number of thioether (sulfide) groups is 1. The van der Waals surface area contributed by atoms with Crippen LogP contribution in [0.3, 0.4) is 0 Å². The van der Waals surface area contributed by atoms with Crippen LogP contribution in [0.4, 0.5) is 8.78 Å². The van der Waals surface area contributed by atoms with Crippen LogP contribution in [0.5, 0.6) is 0 Å². The Morgan fingerprint density at radius 1 is 0.968 bits per heavy atom. The zero-order chi connectivity index (χ0) is 22.8. The van der Waals surface area contributed by atoms with Gasteiger partial charge in [0.25, 0.3) is 6.43 Å². The van der Waals surface area contributed by atoms with Crippen LogP contribution in [0.25, 0.3) is 0 Å². The van der Waals surface area contributed by atoms with E-state index in [1.54, 1.807) is 0 Å². The lowest BCUT2D eigenvalue weighted by molar-refractivity contribution is -0.238. The minimum Gasteiger partial charge on any atom is -0.373 e. The molecule has 31 heavy (non-hydrogen) atoms. The van der Waals surface area contributed by atoms with Crippen molar-refractivity contribution in [3.05, 3.63) is 0 Å². The smallest absolute Gasteiger partial charge is 0.267 e. The third-order valence-electron chi connectivity index (χ3n) is 5.41. The topological polar surface area (TPSA) is 52.5 Å². The van der Waals surface area contributed by atoms with E-state index in [9.17, 15) is 8.78 Å². The van der Waals surface area contributed by atoms with Gasteiger partial charge in [-0.3, -0.25) is 4.99 Å². The number of hydrogen-bond acceptors (Lipinski definition) is 7. The summed E-state index contributed by atoms with van der Waals surface area (Å²) >= 11 is 1.45. The number of amidine groups is 1. The molecule has 0 aliphatic carbocycles. The Morgan fingerprint density at radius 2 is 1.55 bits per heavy atom. The molecule has 0 N–H and O–H groups in total. The van der Waals surface area contributed by atoms with Gasteiger partial charge >= 0.3 is 0 Å². The van der Waals surface area contributed by atoms with Crippen LogP contribution in [0.2, 0.25) is 0 Å². The summed E-state index contributed by atoms with van der Waals surface area (Å²) in [5.41, 5.74) is -0.393. The zero-order valence-corrected chi connectivity index (χ0v) is 20.4. The summed E-state index contributed by atoms with van der Waals surface area (Å²) in [6, 6.07) is -0.295. The second-order valence-electron chi connectivity index (χ2n) is 8.28. The maximum atomic E-state index is 14.1. The van der Waals surface area contributed by atoms with Crippen molar-refractivity contribution in [3.8, 4) is 0 Å². The molecule has 0 aromatic rings. The fourth-order valence-electron chi connectivity index (χ4n) is 3.61. The third kappa shape index (κ3) is 7.52. The van der Waals surface area contributed by atoms with Gasteiger partial charge in [0.1, 0.15) is 35.9 Å². The van der Waals surface area contributed by atoms with E-state index in [-0.39, 0.29) is 12.6 Å². The van der Waals surface area contributed by atoms with Crippen molar-refractivity contribution in [3.63, 3.8) is 0 Å². The highest BCUT2D eigenvalue weighted by Crippen LogP contribution is 2.41. The Bertz CT molecular complexity index is 542. The number of unbranched alkanes of at least 4 members (excludes halogenated alkanes) is 3. The maximum Gasteiger partial charge on any atom is 0.267 e. The van der Waals surface area contributed by atoms with E-state index in [4.69, 9.17) is 23.9 Å². The maximum absolute atomic E-state index is 14.1. The van der Waals surface area contributed by atoms with Gasteiger partial charge in [0.15, 0.2) is 5.17 Å².